The van der Waals surface area contributed by atoms with Crippen LogP contribution in [0.2, 0.25) is 10.0 Å². The SMILES string of the molecule is Clc1ccc(-c2cc3c4c(c2)[C@@H]2CNC[C@@H]2CN4CCC3)c(Cl)c1. The number of hydrogen-bond acceptors (Lipinski definition) is 2. The Morgan fingerprint density at radius 1 is 1.08 bits per heavy atom. The summed E-state index contributed by atoms with van der Waals surface area (Å²) >= 11 is 12.6. The van der Waals surface area contributed by atoms with Crippen LogP contribution in [0.15, 0.2) is 30.3 Å². The molecular weight excluding hydrogens is 339 g/mol. The van der Waals surface area contributed by atoms with Crippen molar-refractivity contribution in [3.63, 3.8) is 0 Å². The van der Waals surface area contributed by atoms with Crippen LogP contribution in [-0.2, 0) is 6.42 Å². The van der Waals surface area contributed by atoms with E-state index in [0.29, 0.717) is 10.9 Å². The number of fused-ring (bicyclic) bond motifs is 2. The predicted octanol–water partition coefficient (Wildman–Crippen LogP) is 4.73. The van der Waals surface area contributed by atoms with E-state index < -0.39 is 0 Å². The topological polar surface area (TPSA) is 15.3 Å². The van der Waals surface area contributed by atoms with Crippen molar-refractivity contribution in [1.29, 1.82) is 0 Å². The third-order valence-corrected chi connectivity index (χ3v) is 6.39. The van der Waals surface area contributed by atoms with Gasteiger partial charge in [0.15, 0.2) is 0 Å². The Labute approximate surface area is 152 Å². The van der Waals surface area contributed by atoms with Crippen LogP contribution in [0.5, 0.6) is 0 Å². The Bertz CT molecular complexity index is 818. The van der Waals surface area contributed by atoms with Gasteiger partial charge in [-0.25, -0.2) is 0 Å². The summed E-state index contributed by atoms with van der Waals surface area (Å²) in [6.07, 6.45) is 2.41. The number of benzene rings is 2. The molecule has 0 bridgehead atoms. The van der Waals surface area contributed by atoms with Gasteiger partial charge in [-0.3, -0.25) is 0 Å². The summed E-state index contributed by atoms with van der Waals surface area (Å²) in [7, 11) is 0. The monoisotopic (exact) mass is 358 g/mol. The van der Waals surface area contributed by atoms with Gasteiger partial charge in [0.25, 0.3) is 0 Å². The molecule has 0 unspecified atom stereocenters. The first-order valence-electron chi connectivity index (χ1n) is 8.78. The highest BCUT2D eigenvalue weighted by Gasteiger charge is 2.38. The van der Waals surface area contributed by atoms with Gasteiger partial charge in [-0.1, -0.05) is 29.3 Å². The maximum atomic E-state index is 6.49. The van der Waals surface area contributed by atoms with Crippen molar-refractivity contribution in [2.75, 3.05) is 31.1 Å². The van der Waals surface area contributed by atoms with E-state index in [1.807, 2.05) is 18.2 Å². The van der Waals surface area contributed by atoms with Crippen molar-refractivity contribution in [3.05, 3.63) is 51.5 Å². The molecule has 3 aliphatic rings. The van der Waals surface area contributed by atoms with Gasteiger partial charge in [-0.15, -0.1) is 0 Å². The summed E-state index contributed by atoms with van der Waals surface area (Å²) in [5.41, 5.74) is 6.85. The molecular formula is C20H20Cl2N2. The minimum absolute atomic E-state index is 0.638. The Balaban J connectivity index is 1.70. The Hall–Kier alpha value is -1.22. The summed E-state index contributed by atoms with van der Waals surface area (Å²) in [5, 5.41) is 5.02. The predicted molar refractivity (Wildman–Crippen MR) is 102 cm³/mol. The lowest BCUT2D eigenvalue weighted by Crippen LogP contribution is -2.40. The molecule has 3 heterocycles. The van der Waals surface area contributed by atoms with Crippen LogP contribution in [-0.4, -0.2) is 26.2 Å². The molecule has 24 heavy (non-hydrogen) atoms. The normalized spacial score (nSPS) is 24.7. The number of anilines is 1. The quantitative estimate of drug-likeness (QED) is 0.792. The minimum Gasteiger partial charge on any atom is -0.371 e. The van der Waals surface area contributed by atoms with Crippen molar-refractivity contribution in [1.82, 2.24) is 5.32 Å². The fourth-order valence-electron chi connectivity index (χ4n) is 4.78. The van der Waals surface area contributed by atoms with Crippen LogP contribution in [0.1, 0.15) is 23.5 Å². The highest BCUT2D eigenvalue weighted by molar-refractivity contribution is 6.36. The van der Waals surface area contributed by atoms with Gasteiger partial charge in [-0.05, 0) is 59.7 Å². The van der Waals surface area contributed by atoms with Gasteiger partial charge in [0.2, 0.25) is 0 Å². The first-order chi connectivity index (χ1) is 11.7. The summed E-state index contributed by atoms with van der Waals surface area (Å²) in [4.78, 5) is 2.62. The number of nitrogens with one attached hydrogen (secondary N) is 1. The van der Waals surface area contributed by atoms with E-state index in [1.54, 1.807) is 0 Å². The van der Waals surface area contributed by atoms with E-state index in [0.717, 1.165) is 29.6 Å². The van der Waals surface area contributed by atoms with Gasteiger partial charge < -0.3 is 10.2 Å². The largest absolute Gasteiger partial charge is 0.371 e. The fourth-order valence-corrected chi connectivity index (χ4v) is 5.30. The van der Waals surface area contributed by atoms with E-state index in [2.05, 4.69) is 22.3 Å². The van der Waals surface area contributed by atoms with E-state index in [4.69, 9.17) is 23.2 Å². The molecule has 0 aromatic heterocycles. The van der Waals surface area contributed by atoms with Gasteiger partial charge >= 0.3 is 0 Å². The first-order valence-corrected chi connectivity index (χ1v) is 9.54. The van der Waals surface area contributed by atoms with Crippen LogP contribution < -0.4 is 10.2 Å². The molecule has 4 heteroatoms. The molecule has 2 nitrogen and oxygen atoms in total. The molecule has 2 atom stereocenters. The standard InChI is InChI=1S/C20H20Cl2N2/c21-15-3-4-16(19(22)8-15)13-6-12-2-1-5-24-11-14-9-23-10-18(14)17(7-13)20(12)24/h3-4,6-8,14,18,23H,1-2,5,9-11H2/t14-,18-/m1/s1. The lowest BCUT2D eigenvalue weighted by atomic mass is 9.79. The highest BCUT2D eigenvalue weighted by Crippen LogP contribution is 2.46. The second kappa shape index (κ2) is 5.66. The molecule has 124 valence electrons. The smallest absolute Gasteiger partial charge is 0.0499 e. The van der Waals surface area contributed by atoms with E-state index in [-0.39, 0.29) is 0 Å². The average molecular weight is 359 g/mol. The summed E-state index contributed by atoms with van der Waals surface area (Å²) in [5.74, 6) is 1.37. The maximum Gasteiger partial charge on any atom is 0.0499 e. The number of nitrogens with zero attached hydrogens (tertiary/aromatic N) is 1. The van der Waals surface area contributed by atoms with Crippen LogP contribution in [0, 0.1) is 5.92 Å². The molecule has 2 aromatic carbocycles. The molecule has 5 rings (SSSR count). The molecule has 1 saturated heterocycles. The van der Waals surface area contributed by atoms with Crippen molar-refractivity contribution in [2.24, 2.45) is 5.92 Å². The maximum absolute atomic E-state index is 6.49. The second-order valence-corrected chi connectivity index (χ2v) is 8.12. The molecule has 0 radical (unpaired) electrons. The van der Waals surface area contributed by atoms with E-state index >= 15 is 0 Å². The zero-order valence-corrected chi connectivity index (χ0v) is 15.0. The highest BCUT2D eigenvalue weighted by atomic mass is 35.5. The van der Waals surface area contributed by atoms with Crippen LogP contribution >= 0.6 is 23.2 Å². The molecule has 1 N–H and O–H groups in total. The summed E-state index contributed by atoms with van der Waals surface area (Å²) in [6.45, 7) is 4.65. The molecule has 3 aliphatic heterocycles. The molecule has 0 saturated carbocycles. The van der Waals surface area contributed by atoms with Crippen molar-refractivity contribution in [2.45, 2.75) is 18.8 Å². The molecule has 2 aromatic rings. The second-order valence-electron chi connectivity index (χ2n) is 7.27. The third-order valence-electron chi connectivity index (χ3n) is 5.85. The van der Waals surface area contributed by atoms with Gasteiger partial charge in [-0.2, -0.15) is 0 Å². The zero-order chi connectivity index (χ0) is 16.3. The molecule has 0 amide bonds. The Kier molecular flexibility index (Phi) is 3.55. The summed E-state index contributed by atoms with van der Waals surface area (Å²) in [6, 6.07) is 10.6. The van der Waals surface area contributed by atoms with E-state index in [9.17, 15) is 0 Å². The molecule has 1 fully saturated rings. The number of hydrogen-bond donors (Lipinski definition) is 1. The van der Waals surface area contributed by atoms with Crippen LogP contribution in [0.25, 0.3) is 11.1 Å². The summed E-state index contributed by atoms with van der Waals surface area (Å²) < 4.78 is 0. The lowest BCUT2D eigenvalue weighted by Gasteiger charge is -2.42. The molecule has 0 aliphatic carbocycles. The average Bonchev–Trinajstić information content (AvgIpc) is 3.03. The molecule has 0 spiro atoms. The van der Waals surface area contributed by atoms with Crippen LogP contribution in [0.3, 0.4) is 0 Å². The first kappa shape index (κ1) is 15.1. The van der Waals surface area contributed by atoms with Crippen molar-refractivity contribution < 1.29 is 0 Å². The van der Waals surface area contributed by atoms with Gasteiger partial charge in [0, 0.05) is 53.4 Å². The fraction of sp³-hybridized carbons (Fsp3) is 0.400. The number of aryl methyl sites for hydroxylation is 1. The number of rotatable bonds is 1. The third kappa shape index (κ3) is 2.28. The zero-order valence-electron chi connectivity index (χ0n) is 13.5. The Morgan fingerprint density at radius 2 is 2.00 bits per heavy atom. The van der Waals surface area contributed by atoms with Crippen LogP contribution in [0.4, 0.5) is 5.69 Å². The lowest BCUT2D eigenvalue weighted by molar-refractivity contribution is 0.470. The van der Waals surface area contributed by atoms with Gasteiger partial charge in [0.1, 0.15) is 0 Å². The van der Waals surface area contributed by atoms with Gasteiger partial charge in [0.05, 0.1) is 0 Å². The Morgan fingerprint density at radius 3 is 2.88 bits per heavy atom. The minimum atomic E-state index is 0.638. The van der Waals surface area contributed by atoms with Crippen molar-refractivity contribution >= 4 is 28.9 Å². The number of halogens is 2. The van der Waals surface area contributed by atoms with E-state index in [1.165, 1.54) is 48.3 Å². The van der Waals surface area contributed by atoms with Crippen molar-refractivity contribution in [3.8, 4) is 11.1 Å².